The van der Waals surface area contributed by atoms with E-state index in [2.05, 4.69) is 25.9 Å². The lowest BCUT2D eigenvalue weighted by atomic mass is 10.1. The molecule has 0 bridgehead atoms. The van der Waals surface area contributed by atoms with Crippen LogP contribution in [0.3, 0.4) is 0 Å². The Morgan fingerprint density at radius 1 is 1.24 bits per heavy atom. The van der Waals surface area contributed by atoms with Gasteiger partial charge in [-0.1, -0.05) is 28.1 Å². The monoisotopic (exact) mass is 292 g/mol. The van der Waals surface area contributed by atoms with Gasteiger partial charge in [0.25, 0.3) is 5.56 Å². The molecule has 88 valence electrons. The molecular formula is C13H13BrN2O. The highest BCUT2D eigenvalue weighted by Gasteiger charge is 2.04. The first-order valence-electron chi connectivity index (χ1n) is 5.37. The first kappa shape index (κ1) is 12.0. The molecule has 3 nitrogen and oxygen atoms in total. The van der Waals surface area contributed by atoms with E-state index < -0.39 is 0 Å². The molecule has 1 aromatic heterocycles. The van der Waals surface area contributed by atoms with Crippen LogP contribution in [0, 0.1) is 13.8 Å². The van der Waals surface area contributed by atoms with Crippen LogP contribution in [0.4, 0.5) is 0 Å². The zero-order valence-corrected chi connectivity index (χ0v) is 11.3. The Morgan fingerprint density at radius 3 is 2.47 bits per heavy atom. The number of hydrogen-bond acceptors (Lipinski definition) is 2. The maximum Gasteiger partial charge on any atom is 0.254 e. The lowest BCUT2D eigenvalue weighted by molar-refractivity contribution is 0.902. The quantitative estimate of drug-likeness (QED) is 0.925. The summed E-state index contributed by atoms with van der Waals surface area (Å²) >= 11 is 3.39. The Balaban J connectivity index is 2.30. The van der Waals surface area contributed by atoms with Gasteiger partial charge in [-0.3, -0.25) is 4.79 Å². The second-order valence-corrected chi connectivity index (χ2v) is 4.94. The summed E-state index contributed by atoms with van der Waals surface area (Å²) in [5.41, 5.74) is 2.55. The Hall–Kier alpha value is -1.42. The fourth-order valence-electron chi connectivity index (χ4n) is 1.58. The molecule has 0 aliphatic carbocycles. The lowest BCUT2D eigenvalue weighted by Gasteiger charge is -2.04. The van der Waals surface area contributed by atoms with E-state index in [4.69, 9.17) is 0 Å². The van der Waals surface area contributed by atoms with Gasteiger partial charge in [-0.05, 0) is 31.5 Å². The third-order valence-corrected chi connectivity index (χ3v) is 3.26. The van der Waals surface area contributed by atoms with E-state index in [1.807, 2.05) is 31.2 Å². The summed E-state index contributed by atoms with van der Waals surface area (Å²) < 4.78 is 1.04. The summed E-state index contributed by atoms with van der Waals surface area (Å²) in [6.45, 7) is 3.64. The highest BCUT2D eigenvalue weighted by Crippen LogP contribution is 2.12. The van der Waals surface area contributed by atoms with Gasteiger partial charge in [0.1, 0.15) is 5.82 Å². The number of nitrogens with zero attached hydrogens (tertiary/aromatic N) is 1. The largest absolute Gasteiger partial charge is 0.310 e. The van der Waals surface area contributed by atoms with Gasteiger partial charge in [0.2, 0.25) is 0 Å². The number of halogens is 1. The van der Waals surface area contributed by atoms with Crippen molar-refractivity contribution < 1.29 is 0 Å². The van der Waals surface area contributed by atoms with E-state index in [0.717, 1.165) is 15.7 Å². The molecule has 4 heteroatoms. The van der Waals surface area contributed by atoms with E-state index in [-0.39, 0.29) is 5.56 Å². The maximum absolute atomic E-state index is 11.6. The van der Waals surface area contributed by atoms with Crippen molar-refractivity contribution in [2.75, 3.05) is 0 Å². The molecule has 0 amide bonds. The van der Waals surface area contributed by atoms with Crippen LogP contribution in [-0.2, 0) is 6.42 Å². The second-order valence-electron chi connectivity index (χ2n) is 4.03. The molecule has 2 aromatic rings. The van der Waals surface area contributed by atoms with E-state index in [1.54, 1.807) is 6.92 Å². The lowest BCUT2D eigenvalue weighted by Crippen LogP contribution is -2.16. The molecule has 17 heavy (non-hydrogen) atoms. The average molecular weight is 293 g/mol. The van der Waals surface area contributed by atoms with Gasteiger partial charge in [-0.2, -0.15) is 0 Å². The van der Waals surface area contributed by atoms with Crippen LogP contribution in [0.1, 0.15) is 22.6 Å². The van der Waals surface area contributed by atoms with Crippen LogP contribution in [0.15, 0.2) is 33.5 Å². The van der Waals surface area contributed by atoms with E-state index >= 15 is 0 Å². The second kappa shape index (κ2) is 4.84. The van der Waals surface area contributed by atoms with Gasteiger partial charge in [0.15, 0.2) is 0 Å². The Kier molecular flexibility index (Phi) is 3.43. The normalized spacial score (nSPS) is 10.5. The summed E-state index contributed by atoms with van der Waals surface area (Å²) in [6.07, 6.45) is 0.643. The third-order valence-electron chi connectivity index (χ3n) is 2.73. The Bertz CT molecular complexity index is 587. The van der Waals surface area contributed by atoms with Crippen molar-refractivity contribution in [2.45, 2.75) is 20.3 Å². The number of hydrogen-bond donors (Lipinski definition) is 1. The molecule has 2 rings (SSSR count). The van der Waals surface area contributed by atoms with Crippen molar-refractivity contribution in [3.63, 3.8) is 0 Å². The molecule has 0 saturated carbocycles. The van der Waals surface area contributed by atoms with Crippen LogP contribution in [0.25, 0.3) is 0 Å². The fourth-order valence-corrected chi connectivity index (χ4v) is 1.85. The van der Waals surface area contributed by atoms with Crippen LogP contribution < -0.4 is 5.56 Å². The number of rotatable bonds is 2. The van der Waals surface area contributed by atoms with Crippen molar-refractivity contribution in [3.05, 3.63) is 61.7 Å². The van der Waals surface area contributed by atoms with Gasteiger partial charge < -0.3 is 4.98 Å². The summed E-state index contributed by atoms with van der Waals surface area (Å²) in [7, 11) is 0. The summed E-state index contributed by atoms with van der Waals surface area (Å²) in [4.78, 5) is 18.8. The number of aromatic nitrogens is 2. The molecule has 0 unspecified atom stereocenters. The van der Waals surface area contributed by atoms with Gasteiger partial charge in [-0.25, -0.2) is 4.98 Å². The molecule has 1 N–H and O–H groups in total. The van der Waals surface area contributed by atoms with Crippen molar-refractivity contribution in [1.82, 2.24) is 9.97 Å². The summed E-state index contributed by atoms with van der Waals surface area (Å²) in [6, 6.07) is 7.99. The predicted octanol–water partition coefficient (Wildman–Crippen LogP) is 2.74. The minimum Gasteiger partial charge on any atom is -0.310 e. The minimum atomic E-state index is -0.0513. The van der Waals surface area contributed by atoms with Crippen LogP contribution >= 0.6 is 15.9 Å². The number of nitrogens with one attached hydrogen (secondary N) is 1. The van der Waals surface area contributed by atoms with Crippen molar-refractivity contribution >= 4 is 15.9 Å². The number of H-pyrrole nitrogens is 1. The highest BCUT2D eigenvalue weighted by atomic mass is 79.9. The minimum absolute atomic E-state index is 0.0513. The zero-order chi connectivity index (χ0) is 12.4. The number of benzene rings is 1. The molecule has 1 aromatic carbocycles. The molecule has 0 aliphatic heterocycles. The molecule has 0 radical (unpaired) electrons. The zero-order valence-electron chi connectivity index (χ0n) is 9.75. The number of aromatic amines is 1. The third kappa shape index (κ3) is 2.82. The molecule has 0 saturated heterocycles. The van der Waals surface area contributed by atoms with Gasteiger partial charge >= 0.3 is 0 Å². The van der Waals surface area contributed by atoms with E-state index in [9.17, 15) is 4.79 Å². The van der Waals surface area contributed by atoms with Crippen LogP contribution in [0.2, 0.25) is 0 Å². The van der Waals surface area contributed by atoms with Gasteiger partial charge in [0, 0.05) is 22.2 Å². The standard InChI is InChI=1S/C13H13BrN2O/c1-8-9(2)15-12(16-13(8)17)7-10-3-5-11(14)6-4-10/h3-6H,7H2,1-2H3,(H,15,16,17). The maximum atomic E-state index is 11.6. The molecule has 0 atom stereocenters. The Morgan fingerprint density at radius 2 is 1.88 bits per heavy atom. The van der Waals surface area contributed by atoms with Crippen LogP contribution in [0.5, 0.6) is 0 Å². The smallest absolute Gasteiger partial charge is 0.254 e. The predicted molar refractivity (Wildman–Crippen MR) is 71.3 cm³/mol. The summed E-state index contributed by atoms with van der Waals surface area (Å²) in [5, 5.41) is 0. The fraction of sp³-hybridized carbons (Fsp3) is 0.231. The van der Waals surface area contributed by atoms with Crippen molar-refractivity contribution in [2.24, 2.45) is 0 Å². The first-order valence-corrected chi connectivity index (χ1v) is 6.16. The van der Waals surface area contributed by atoms with Crippen molar-refractivity contribution in [1.29, 1.82) is 0 Å². The van der Waals surface area contributed by atoms with Crippen LogP contribution in [-0.4, -0.2) is 9.97 Å². The Labute approximate surface area is 108 Å². The summed E-state index contributed by atoms with van der Waals surface area (Å²) in [5.74, 6) is 0.709. The molecule has 1 heterocycles. The molecular weight excluding hydrogens is 280 g/mol. The average Bonchev–Trinajstić information content (AvgIpc) is 2.29. The first-order chi connectivity index (χ1) is 8.06. The van der Waals surface area contributed by atoms with Crippen molar-refractivity contribution in [3.8, 4) is 0 Å². The topological polar surface area (TPSA) is 45.8 Å². The number of aryl methyl sites for hydroxylation is 1. The molecule has 0 aliphatic rings. The van der Waals surface area contributed by atoms with E-state index in [0.29, 0.717) is 17.8 Å². The van der Waals surface area contributed by atoms with Gasteiger partial charge in [-0.15, -0.1) is 0 Å². The van der Waals surface area contributed by atoms with E-state index in [1.165, 1.54) is 0 Å². The highest BCUT2D eigenvalue weighted by molar-refractivity contribution is 9.10. The molecule has 0 spiro atoms. The van der Waals surface area contributed by atoms with Gasteiger partial charge in [0.05, 0.1) is 0 Å². The molecule has 0 fully saturated rings. The SMILES string of the molecule is Cc1nc(Cc2ccc(Br)cc2)[nH]c(=O)c1C.